The zero-order valence-corrected chi connectivity index (χ0v) is 28.1. The Hall–Kier alpha value is -2.97. The minimum atomic E-state index is -3.96. The molecule has 2 fully saturated rings. The van der Waals surface area contributed by atoms with Crippen LogP contribution in [0, 0.1) is 25.7 Å². The SMILES string of the molecule is Cc1ccc([C@@H]2C[C@@H]3C(S(=O)(=O)c4ccc(C)cc4)[C@H](c4cccc(Cl)c4)CC(=O)[C@@H]3CC2S(=O)(=O)c2ccc(Cl)cc2)cc1. The summed E-state index contributed by atoms with van der Waals surface area (Å²) in [4.78, 5) is 14.4. The van der Waals surface area contributed by atoms with E-state index in [1.54, 1.807) is 54.6 Å². The molecule has 0 aliphatic heterocycles. The van der Waals surface area contributed by atoms with E-state index in [-0.39, 0.29) is 34.8 Å². The highest BCUT2D eigenvalue weighted by Crippen LogP contribution is 2.54. The molecule has 2 saturated carbocycles. The van der Waals surface area contributed by atoms with Crippen molar-refractivity contribution in [3.05, 3.63) is 129 Å². The van der Waals surface area contributed by atoms with E-state index >= 15 is 0 Å². The van der Waals surface area contributed by atoms with Gasteiger partial charge in [-0.3, -0.25) is 4.79 Å². The van der Waals surface area contributed by atoms with Gasteiger partial charge >= 0.3 is 0 Å². The van der Waals surface area contributed by atoms with Crippen molar-refractivity contribution in [2.45, 2.75) is 65.2 Å². The van der Waals surface area contributed by atoms with Crippen molar-refractivity contribution in [1.29, 1.82) is 0 Å². The fourth-order valence-corrected chi connectivity index (χ4v) is 12.0. The lowest BCUT2D eigenvalue weighted by Crippen LogP contribution is -2.53. The Kier molecular flexibility index (Phi) is 8.76. The number of benzene rings is 4. The van der Waals surface area contributed by atoms with E-state index in [9.17, 15) is 21.6 Å². The van der Waals surface area contributed by atoms with Crippen LogP contribution in [0.2, 0.25) is 10.0 Å². The van der Waals surface area contributed by atoms with Gasteiger partial charge in [0, 0.05) is 34.2 Å². The molecule has 4 aromatic rings. The quantitative estimate of drug-likeness (QED) is 0.205. The van der Waals surface area contributed by atoms with Crippen LogP contribution in [0.3, 0.4) is 0 Å². The second-order valence-corrected chi connectivity index (χ2v) is 17.6. The van der Waals surface area contributed by atoms with Crippen molar-refractivity contribution in [1.82, 2.24) is 0 Å². The molecule has 2 aliphatic rings. The summed E-state index contributed by atoms with van der Waals surface area (Å²) in [6.07, 6.45) is 0.249. The van der Waals surface area contributed by atoms with E-state index in [1.807, 2.05) is 44.2 Å². The second kappa shape index (κ2) is 12.3. The number of ketones is 1. The lowest BCUT2D eigenvalue weighted by atomic mass is 9.61. The van der Waals surface area contributed by atoms with Crippen LogP contribution in [-0.2, 0) is 24.5 Å². The fourth-order valence-electron chi connectivity index (χ4n) is 7.40. The van der Waals surface area contributed by atoms with E-state index in [2.05, 4.69) is 0 Å². The summed E-state index contributed by atoms with van der Waals surface area (Å²) in [5.74, 6) is -2.62. The van der Waals surface area contributed by atoms with Crippen LogP contribution in [0.1, 0.15) is 53.4 Å². The topological polar surface area (TPSA) is 85.3 Å². The van der Waals surface area contributed by atoms with Crippen LogP contribution in [0.25, 0.3) is 0 Å². The van der Waals surface area contributed by atoms with E-state index < -0.39 is 53.8 Å². The van der Waals surface area contributed by atoms with Gasteiger partial charge in [-0.25, -0.2) is 16.8 Å². The molecule has 0 amide bonds. The van der Waals surface area contributed by atoms with E-state index in [4.69, 9.17) is 23.2 Å². The molecule has 2 unspecified atom stereocenters. The largest absolute Gasteiger partial charge is 0.299 e. The van der Waals surface area contributed by atoms with Crippen LogP contribution in [0.15, 0.2) is 107 Å². The Morgan fingerprint density at radius 2 is 1.18 bits per heavy atom. The number of Topliss-reactive ketones (excluding diaryl/α,β-unsaturated/α-hetero) is 1. The van der Waals surface area contributed by atoms with Crippen molar-refractivity contribution in [2.75, 3.05) is 0 Å². The fraction of sp³-hybridized carbons (Fsp3) is 0.306. The van der Waals surface area contributed by atoms with Gasteiger partial charge in [-0.1, -0.05) is 82.9 Å². The predicted molar refractivity (Wildman–Crippen MR) is 179 cm³/mol. The van der Waals surface area contributed by atoms with Crippen molar-refractivity contribution >= 4 is 48.7 Å². The van der Waals surface area contributed by atoms with Crippen LogP contribution >= 0.6 is 23.2 Å². The van der Waals surface area contributed by atoms with Gasteiger partial charge in [-0.15, -0.1) is 0 Å². The first kappa shape index (κ1) is 32.0. The number of sulfone groups is 2. The molecule has 0 bridgehead atoms. The molecular weight excluding hydrogens is 647 g/mol. The molecule has 0 N–H and O–H groups in total. The molecule has 234 valence electrons. The average Bonchev–Trinajstić information content (AvgIpc) is 3.01. The highest BCUT2D eigenvalue weighted by Gasteiger charge is 2.56. The van der Waals surface area contributed by atoms with Crippen LogP contribution in [0.5, 0.6) is 0 Å². The number of rotatable bonds is 6. The molecule has 6 atom stereocenters. The standard InChI is InChI=1S/C36H34Cl2O5S2/c1-22-6-10-24(11-7-22)30-19-33-32(21-35(30)44(40,41)28-16-12-26(37)13-17-28)34(39)20-31(25-4-3-5-27(38)18-25)36(33)45(42,43)29-14-8-23(2)9-15-29/h3-18,30-33,35-36H,19-21H2,1-2H3/t30-,31-,32+,33-,35?,36?/m0/s1. The molecule has 0 radical (unpaired) electrons. The van der Waals surface area contributed by atoms with Crippen LogP contribution < -0.4 is 0 Å². The normalized spacial score (nSPS) is 25.5. The van der Waals surface area contributed by atoms with Crippen molar-refractivity contribution < 1.29 is 21.6 Å². The van der Waals surface area contributed by atoms with Gasteiger partial charge < -0.3 is 0 Å². The lowest BCUT2D eigenvalue weighted by molar-refractivity contribution is -0.128. The zero-order valence-electron chi connectivity index (χ0n) is 24.9. The van der Waals surface area contributed by atoms with Gasteiger partial charge in [-0.05, 0) is 92.3 Å². The number of halogens is 2. The number of carbonyl (C=O) groups is 1. The Bertz CT molecular complexity index is 1940. The second-order valence-electron chi connectivity index (χ2n) is 12.5. The zero-order chi connectivity index (χ0) is 32.1. The molecule has 5 nitrogen and oxygen atoms in total. The highest BCUT2D eigenvalue weighted by atomic mass is 35.5. The molecule has 9 heteroatoms. The molecule has 0 saturated heterocycles. The maximum Gasteiger partial charge on any atom is 0.182 e. The van der Waals surface area contributed by atoms with Crippen molar-refractivity contribution in [2.24, 2.45) is 11.8 Å². The summed E-state index contributed by atoms with van der Waals surface area (Å²) in [6.45, 7) is 3.86. The first-order chi connectivity index (χ1) is 21.4. The summed E-state index contributed by atoms with van der Waals surface area (Å²) in [5, 5.41) is -0.985. The average molecular weight is 682 g/mol. The molecule has 45 heavy (non-hydrogen) atoms. The van der Waals surface area contributed by atoms with E-state index in [0.717, 1.165) is 16.7 Å². The predicted octanol–water partition coefficient (Wildman–Crippen LogP) is 8.16. The molecule has 0 aromatic heterocycles. The van der Waals surface area contributed by atoms with Gasteiger partial charge in [0.2, 0.25) is 0 Å². The number of carbonyl (C=O) groups excluding carboxylic acids is 1. The summed E-state index contributed by atoms with van der Waals surface area (Å²) in [6, 6.07) is 27.7. The minimum Gasteiger partial charge on any atom is -0.299 e. The summed E-state index contributed by atoms with van der Waals surface area (Å²) in [7, 11) is -7.88. The Labute approximate surface area is 275 Å². The third-order valence-corrected chi connectivity index (χ3v) is 14.7. The Morgan fingerprint density at radius 1 is 0.600 bits per heavy atom. The highest BCUT2D eigenvalue weighted by molar-refractivity contribution is 7.92. The molecular formula is C36H34Cl2O5S2. The minimum absolute atomic E-state index is 0.0137. The number of fused-ring (bicyclic) bond motifs is 1. The molecule has 0 heterocycles. The summed E-state index contributed by atoms with van der Waals surface area (Å²) >= 11 is 12.5. The van der Waals surface area contributed by atoms with Crippen molar-refractivity contribution in [3.8, 4) is 0 Å². The number of hydrogen-bond donors (Lipinski definition) is 0. The molecule has 0 spiro atoms. The first-order valence-electron chi connectivity index (χ1n) is 15.0. The molecule has 6 rings (SSSR count). The van der Waals surface area contributed by atoms with Crippen LogP contribution in [-0.4, -0.2) is 33.1 Å². The first-order valence-corrected chi connectivity index (χ1v) is 18.9. The summed E-state index contributed by atoms with van der Waals surface area (Å²) < 4.78 is 57.9. The Morgan fingerprint density at radius 3 is 1.80 bits per heavy atom. The summed E-state index contributed by atoms with van der Waals surface area (Å²) in [5.41, 5.74) is 3.46. The maximum absolute atomic E-state index is 14.7. The molecule has 4 aromatic carbocycles. The van der Waals surface area contributed by atoms with E-state index in [1.165, 1.54) is 12.1 Å². The monoisotopic (exact) mass is 680 g/mol. The lowest BCUT2D eigenvalue weighted by Gasteiger charge is -2.48. The van der Waals surface area contributed by atoms with Gasteiger partial charge in [0.05, 0.1) is 20.3 Å². The van der Waals surface area contributed by atoms with Crippen molar-refractivity contribution in [3.63, 3.8) is 0 Å². The third-order valence-electron chi connectivity index (χ3n) is 9.66. The Balaban J connectivity index is 1.51. The van der Waals surface area contributed by atoms with Gasteiger partial charge in [0.15, 0.2) is 19.7 Å². The maximum atomic E-state index is 14.7. The molecule has 2 aliphatic carbocycles. The van der Waals surface area contributed by atoms with Gasteiger partial charge in [0.1, 0.15) is 5.78 Å². The van der Waals surface area contributed by atoms with Gasteiger partial charge in [0.25, 0.3) is 0 Å². The smallest absolute Gasteiger partial charge is 0.182 e. The van der Waals surface area contributed by atoms with E-state index in [0.29, 0.717) is 15.6 Å². The van der Waals surface area contributed by atoms with Gasteiger partial charge in [-0.2, -0.15) is 0 Å². The number of hydrogen-bond acceptors (Lipinski definition) is 5. The van der Waals surface area contributed by atoms with Crippen LogP contribution in [0.4, 0.5) is 0 Å². The number of aryl methyl sites for hydroxylation is 2. The third kappa shape index (κ3) is 6.12.